The predicted octanol–water partition coefficient (Wildman–Crippen LogP) is 6.14. The molecule has 11 heteroatoms. The number of carbonyl (C=O) groups is 1. The number of aromatic nitrogens is 1. The van der Waals surface area contributed by atoms with Gasteiger partial charge in [0.2, 0.25) is 0 Å². The number of thiazole rings is 1. The summed E-state index contributed by atoms with van der Waals surface area (Å²) in [6.45, 7) is 0. The lowest BCUT2D eigenvalue weighted by atomic mass is 10.2. The third kappa shape index (κ3) is 4.24. The third-order valence-corrected chi connectivity index (χ3v) is 4.88. The lowest BCUT2D eigenvalue weighted by Crippen LogP contribution is -2.19. The molecule has 0 spiro atoms. The molecule has 1 aromatic heterocycles. The van der Waals surface area contributed by atoms with E-state index < -0.39 is 17.8 Å². The second kappa shape index (κ2) is 7.23. The first kappa shape index (κ1) is 19.2. The Kier molecular flexibility index (Phi) is 5.15. The molecule has 27 heavy (non-hydrogen) atoms. The third-order valence-electron chi connectivity index (χ3n) is 3.35. The second-order valence-electron chi connectivity index (χ2n) is 5.21. The maximum atomic E-state index is 12.8. The van der Waals surface area contributed by atoms with E-state index in [9.17, 15) is 18.0 Å². The Balaban J connectivity index is 1.80. The lowest BCUT2D eigenvalue weighted by molar-refractivity contribution is -0.137. The minimum atomic E-state index is -4.47. The molecule has 0 unspecified atom stereocenters. The highest BCUT2D eigenvalue weighted by Crippen LogP contribution is 2.35. The molecule has 0 fully saturated rings. The van der Waals surface area contributed by atoms with Gasteiger partial charge in [0.15, 0.2) is 5.13 Å². The van der Waals surface area contributed by atoms with Crippen LogP contribution in [0.3, 0.4) is 0 Å². The number of benzene rings is 2. The van der Waals surface area contributed by atoms with Gasteiger partial charge in [-0.3, -0.25) is 5.32 Å². The number of anilines is 2. The number of carbonyl (C=O) groups excluding carboxylic acids is 1. The number of fused-ring (bicyclic) bond motifs is 1. The summed E-state index contributed by atoms with van der Waals surface area (Å²) in [5.74, 6) is 0. The highest BCUT2D eigenvalue weighted by Gasteiger charge is 2.30. The van der Waals surface area contributed by atoms with Gasteiger partial charge in [-0.25, -0.2) is 9.78 Å². The molecule has 138 valence electrons. The van der Waals surface area contributed by atoms with Gasteiger partial charge < -0.3 is 5.32 Å². The van der Waals surface area contributed by atoms with Gasteiger partial charge in [0.25, 0.3) is 0 Å². The molecule has 0 aliphatic carbocycles. The van der Waals surface area contributed by atoms with E-state index in [-0.39, 0.29) is 31.1 Å². The van der Waals surface area contributed by atoms with Gasteiger partial charge in [-0.15, -0.1) is 0 Å². The maximum absolute atomic E-state index is 12.8. The average Bonchev–Trinajstić information content (AvgIpc) is 2.98. The summed E-state index contributed by atoms with van der Waals surface area (Å²) in [5.41, 5.74) is -0.165. The van der Waals surface area contributed by atoms with Crippen LogP contribution < -0.4 is 10.6 Å². The van der Waals surface area contributed by atoms with Crippen molar-refractivity contribution in [2.75, 3.05) is 10.6 Å². The number of nitrogens with zero attached hydrogens (tertiary/aromatic N) is 2. The molecule has 3 aromatic rings. The van der Waals surface area contributed by atoms with Crippen LogP contribution in [-0.4, -0.2) is 11.0 Å². The van der Waals surface area contributed by atoms with Crippen LogP contribution in [0, 0.1) is 11.3 Å². The van der Waals surface area contributed by atoms with Crippen molar-refractivity contribution in [1.29, 1.82) is 5.26 Å². The van der Waals surface area contributed by atoms with Crippen molar-refractivity contribution in [3.05, 3.63) is 51.5 Å². The second-order valence-corrected chi connectivity index (χ2v) is 7.05. The number of halogens is 5. The van der Waals surface area contributed by atoms with Crippen molar-refractivity contribution in [3.8, 4) is 6.07 Å². The number of urea groups is 1. The van der Waals surface area contributed by atoms with Crippen LogP contribution in [0.1, 0.15) is 11.1 Å². The van der Waals surface area contributed by atoms with Crippen molar-refractivity contribution < 1.29 is 18.0 Å². The van der Waals surface area contributed by atoms with Gasteiger partial charge in [0, 0.05) is 0 Å². The van der Waals surface area contributed by atoms with Gasteiger partial charge in [0.05, 0.1) is 43.1 Å². The first-order valence-electron chi connectivity index (χ1n) is 7.12. The minimum absolute atomic E-state index is 0.0633. The monoisotopic (exact) mass is 430 g/mol. The fourth-order valence-electron chi connectivity index (χ4n) is 2.15. The van der Waals surface area contributed by atoms with E-state index >= 15 is 0 Å². The molecule has 0 saturated heterocycles. The van der Waals surface area contributed by atoms with Gasteiger partial charge in [0.1, 0.15) is 0 Å². The van der Waals surface area contributed by atoms with Crippen LogP contribution >= 0.6 is 34.5 Å². The van der Waals surface area contributed by atoms with E-state index in [1.807, 2.05) is 6.07 Å². The Hall–Kier alpha value is -2.54. The molecular formula is C16H7Cl2F3N4OS. The number of amides is 2. The van der Waals surface area contributed by atoms with Crippen LogP contribution in [0.4, 0.5) is 28.8 Å². The van der Waals surface area contributed by atoms with E-state index in [1.165, 1.54) is 18.2 Å². The van der Waals surface area contributed by atoms with E-state index in [0.29, 0.717) is 5.52 Å². The molecule has 2 amide bonds. The molecule has 2 N–H and O–H groups in total. The summed E-state index contributed by atoms with van der Waals surface area (Å²) < 4.78 is 38.6. The molecule has 0 aliphatic heterocycles. The number of hydrogen-bond donors (Lipinski definition) is 2. The Labute approximate surface area is 164 Å². The van der Waals surface area contributed by atoms with Crippen LogP contribution in [0.15, 0.2) is 30.3 Å². The zero-order valence-corrected chi connectivity index (χ0v) is 15.3. The highest BCUT2D eigenvalue weighted by molar-refractivity contribution is 7.22. The van der Waals surface area contributed by atoms with Gasteiger partial charge in [-0.1, -0.05) is 34.5 Å². The topological polar surface area (TPSA) is 77.8 Å². The highest BCUT2D eigenvalue weighted by atomic mass is 35.5. The van der Waals surface area contributed by atoms with Gasteiger partial charge >= 0.3 is 12.2 Å². The van der Waals surface area contributed by atoms with Crippen molar-refractivity contribution >= 4 is 61.6 Å². The molecule has 0 bridgehead atoms. The normalized spacial score (nSPS) is 11.3. The summed E-state index contributed by atoms with van der Waals surface area (Å²) in [6, 6.07) is 6.91. The molecule has 0 radical (unpaired) electrons. The van der Waals surface area contributed by atoms with Crippen LogP contribution in [0.2, 0.25) is 10.0 Å². The molecule has 0 atom stereocenters. The van der Waals surface area contributed by atoms with Crippen molar-refractivity contribution in [2.45, 2.75) is 6.18 Å². The molecular weight excluding hydrogens is 424 g/mol. The SMILES string of the molecule is N#Cc1cc(Cl)c(NC(=O)Nc2nc3ccc(C(F)(F)F)cc3s2)c(Cl)c1. The largest absolute Gasteiger partial charge is 0.416 e. The zero-order chi connectivity index (χ0) is 19.8. The van der Waals surface area contributed by atoms with E-state index in [0.717, 1.165) is 23.5 Å². The van der Waals surface area contributed by atoms with Gasteiger partial charge in [-0.2, -0.15) is 18.4 Å². The molecule has 2 aromatic carbocycles. The van der Waals surface area contributed by atoms with Crippen LogP contribution in [0.5, 0.6) is 0 Å². The molecule has 1 heterocycles. The molecule has 3 rings (SSSR count). The first-order chi connectivity index (χ1) is 12.7. The van der Waals surface area contributed by atoms with Crippen LogP contribution in [0.25, 0.3) is 10.2 Å². The van der Waals surface area contributed by atoms with Crippen molar-refractivity contribution in [1.82, 2.24) is 4.98 Å². The van der Waals surface area contributed by atoms with Crippen LogP contribution in [-0.2, 0) is 6.18 Å². The quantitative estimate of drug-likeness (QED) is 0.512. The Morgan fingerprint density at radius 1 is 1.15 bits per heavy atom. The average molecular weight is 431 g/mol. The smallest absolute Gasteiger partial charge is 0.305 e. The minimum Gasteiger partial charge on any atom is -0.305 e. The Morgan fingerprint density at radius 2 is 1.81 bits per heavy atom. The number of nitrogens with one attached hydrogen (secondary N) is 2. The molecule has 5 nitrogen and oxygen atoms in total. The summed E-state index contributed by atoms with van der Waals surface area (Å²) in [6.07, 6.45) is -4.47. The van der Waals surface area contributed by atoms with Gasteiger partial charge in [-0.05, 0) is 30.3 Å². The maximum Gasteiger partial charge on any atom is 0.416 e. The van der Waals surface area contributed by atoms with Crippen molar-refractivity contribution in [2.24, 2.45) is 0 Å². The molecule has 0 aliphatic rings. The van der Waals surface area contributed by atoms with E-state index in [2.05, 4.69) is 15.6 Å². The Bertz CT molecular complexity index is 1070. The number of alkyl halides is 3. The fourth-order valence-corrected chi connectivity index (χ4v) is 3.64. The lowest BCUT2D eigenvalue weighted by Gasteiger charge is -2.09. The summed E-state index contributed by atoms with van der Waals surface area (Å²) in [5, 5.41) is 13.9. The predicted molar refractivity (Wildman–Crippen MR) is 98.4 cm³/mol. The number of hydrogen-bond acceptors (Lipinski definition) is 4. The standard InChI is InChI=1S/C16H7Cl2F3N4OS/c17-9-3-7(6-22)4-10(18)13(9)24-14(26)25-15-23-11-2-1-8(16(19,20)21)5-12(11)27-15/h1-5H,(H2,23,24,25,26). The first-order valence-corrected chi connectivity index (χ1v) is 8.69. The summed E-state index contributed by atoms with van der Waals surface area (Å²) in [7, 11) is 0. The van der Waals surface area contributed by atoms with E-state index in [4.69, 9.17) is 28.5 Å². The molecule has 0 saturated carbocycles. The number of rotatable bonds is 2. The zero-order valence-electron chi connectivity index (χ0n) is 13.0. The summed E-state index contributed by atoms with van der Waals surface area (Å²) in [4.78, 5) is 16.2. The van der Waals surface area contributed by atoms with E-state index in [1.54, 1.807) is 0 Å². The number of nitriles is 1. The Morgan fingerprint density at radius 3 is 2.41 bits per heavy atom. The fraction of sp³-hybridized carbons (Fsp3) is 0.0625. The van der Waals surface area contributed by atoms with Crippen molar-refractivity contribution in [3.63, 3.8) is 0 Å². The summed E-state index contributed by atoms with van der Waals surface area (Å²) >= 11 is 12.9.